The Morgan fingerprint density at radius 3 is 2.69 bits per heavy atom. The van der Waals surface area contributed by atoms with E-state index < -0.39 is 17.8 Å². The van der Waals surface area contributed by atoms with E-state index in [1.54, 1.807) is 0 Å². The first-order chi connectivity index (χ1) is 6.02. The number of hydrogen-bond donors (Lipinski definition) is 2. The normalized spacial score (nSPS) is 12.5. The third-order valence-electron chi connectivity index (χ3n) is 1.53. The Kier molecular flexibility index (Phi) is 2.85. The molecule has 1 aromatic carbocycles. The highest BCUT2D eigenvalue weighted by molar-refractivity contribution is 6.30. The summed E-state index contributed by atoms with van der Waals surface area (Å²) in [6, 6.07) is 3.55. The fraction of sp³-hybridized carbons (Fsp3) is 0.125. The van der Waals surface area contributed by atoms with Crippen molar-refractivity contribution in [3.8, 4) is 0 Å². The van der Waals surface area contributed by atoms with Crippen LogP contribution in [0.25, 0.3) is 0 Å². The fourth-order valence-electron chi connectivity index (χ4n) is 0.847. The Morgan fingerprint density at radius 2 is 2.23 bits per heavy atom. The van der Waals surface area contributed by atoms with E-state index in [0.29, 0.717) is 0 Å². The van der Waals surface area contributed by atoms with Crippen molar-refractivity contribution in [3.05, 3.63) is 34.6 Å². The lowest BCUT2D eigenvalue weighted by Crippen LogP contribution is -2.20. The quantitative estimate of drug-likeness (QED) is 0.753. The number of amides is 1. The van der Waals surface area contributed by atoms with E-state index in [2.05, 4.69) is 0 Å². The smallest absolute Gasteiger partial charge is 0.250 e. The number of carbonyl (C=O) groups is 1. The third-order valence-corrected chi connectivity index (χ3v) is 1.84. The summed E-state index contributed by atoms with van der Waals surface area (Å²) >= 11 is 5.39. The van der Waals surface area contributed by atoms with Crippen molar-refractivity contribution in [1.29, 1.82) is 0 Å². The zero-order valence-corrected chi connectivity index (χ0v) is 7.25. The standard InChI is InChI=1S/C8H7ClFNO2/c9-5-2-1-4(3-6(5)10)7(12)8(11)13/h1-3,7,12H,(H2,11,13). The van der Waals surface area contributed by atoms with Crippen LogP contribution in [0.2, 0.25) is 5.02 Å². The van der Waals surface area contributed by atoms with E-state index in [4.69, 9.17) is 22.4 Å². The molecule has 0 aliphatic carbocycles. The molecule has 1 amide bonds. The lowest BCUT2D eigenvalue weighted by atomic mass is 10.1. The van der Waals surface area contributed by atoms with Gasteiger partial charge >= 0.3 is 0 Å². The summed E-state index contributed by atoms with van der Waals surface area (Å²) in [5.74, 6) is -1.62. The van der Waals surface area contributed by atoms with E-state index in [0.717, 1.165) is 6.07 Å². The maximum Gasteiger partial charge on any atom is 0.250 e. The first-order valence-corrected chi connectivity index (χ1v) is 3.82. The van der Waals surface area contributed by atoms with Crippen LogP contribution in [0.1, 0.15) is 11.7 Å². The summed E-state index contributed by atoms with van der Waals surface area (Å²) in [4.78, 5) is 10.5. The molecule has 0 spiro atoms. The summed E-state index contributed by atoms with van der Waals surface area (Å²) in [5, 5.41) is 9.06. The average molecular weight is 204 g/mol. The van der Waals surface area contributed by atoms with Crippen LogP contribution in [0, 0.1) is 5.82 Å². The summed E-state index contributed by atoms with van der Waals surface area (Å²) in [5.41, 5.74) is 4.90. The van der Waals surface area contributed by atoms with Gasteiger partial charge in [0.25, 0.3) is 5.91 Å². The van der Waals surface area contributed by atoms with Crippen molar-refractivity contribution in [3.63, 3.8) is 0 Å². The zero-order chi connectivity index (χ0) is 10.0. The first kappa shape index (κ1) is 9.95. The summed E-state index contributed by atoms with van der Waals surface area (Å²) in [7, 11) is 0. The van der Waals surface area contributed by atoms with Gasteiger partial charge in [0, 0.05) is 0 Å². The molecule has 0 fully saturated rings. The number of primary amides is 1. The van der Waals surface area contributed by atoms with Crippen LogP contribution in [0.4, 0.5) is 4.39 Å². The molecule has 0 aromatic heterocycles. The van der Waals surface area contributed by atoms with Gasteiger partial charge in [-0.1, -0.05) is 17.7 Å². The van der Waals surface area contributed by atoms with Crippen LogP contribution in [0.5, 0.6) is 0 Å². The minimum atomic E-state index is -1.49. The molecule has 0 saturated heterocycles. The largest absolute Gasteiger partial charge is 0.378 e. The third kappa shape index (κ3) is 2.17. The van der Waals surface area contributed by atoms with Gasteiger partial charge in [0.2, 0.25) is 0 Å². The number of nitrogens with two attached hydrogens (primary N) is 1. The van der Waals surface area contributed by atoms with Crippen LogP contribution < -0.4 is 5.73 Å². The minimum Gasteiger partial charge on any atom is -0.378 e. The number of halogens is 2. The van der Waals surface area contributed by atoms with Gasteiger partial charge in [-0.05, 0) is 17.7 Å². The molecule has 0 aliphatic heterocycles. The van der Waals surface area contributed by atoms with E-state index in [1.807, 2.05) is 0 Å². The molecule has 5 heteroatoms. The topological polar surface area (TPSA) is 63.3 Å². The van der Waals surface area contributed by atoms with Gasteiger partial charge in [-0.2, -0.15) is 0 Å². The van der Waals surface area contributed by atoms with Gasteiger partial charge < -0.3 is 10.8 Å². The molecule has 1 aromatic rings. The number of benzene rings is 1. The molecule has 70 valence electrons. The molecule has 13 heavy (non-hydrogen) atoms. The fourth-order valence-corrected chi connectivity index (χ4v) is 0.964. The second-order valence-electron chi connectivity index (χ2n) is 2.48. The van der Waals surface area contributed by atoms with E-state index in [9.17, 15) is 9.18 Å². The van der Waals surface area contributed by atoms with Crippen molar-refractivity contribution < 1.29 is 14.3 Å². The zero-order valence-electron chi connectivity index (χ0n) is 6.50. The lowest BCUT2D eigenvalue weighted by Gasteiger charge is -2.06. The van der Waals surface area contributed by atoms with Crippen LogP contribution in [0.15, 0.2) is 18.2 Å². The van der Waals surface area contributed by atoms with E-state index >= 15 is 0 Å². The Hall–Kier alpha value is -1.13. The van der Waals surface area contributed by atoms with Crippen LogP contribution in [0.3, 0.4) is 0 Å². The second kappa shape index (κ2) is 3.72. The SMILES string of the molecule is NC(=O)C(O)c1ccc(Cl)c(F)c1. The van der Waals surface area contributed by atoms with E-state index in [-0.39, 0.29) is 10.6 Å². The minimum absolute atomic E-state index is 0.0691. The molecule has 0 bridgehead atoms. The van der Waals surface area contributed by atoms with E-state index in [1.165, 1.54) is 12.1 Å². The second-order valence-corrected chi connectivity index (χ2v) is 2.89. The van der Waals surface area contributed by atoms with Gasteiger partial charge in [-0.3, -0.25) is 4.79 Å². The highest BCUT2D eigenvalue weighted by Crippen LogP contribution is 2.19. The van der Waals surface area contributed by atoms with Crippen molar-refractivity contribution in [2.24, 2.45) is 5.73 Å². The monoisotopic (exact) mass is 203 g/mol. The number of rotatable bonds is 2. The van der Waals surface area contributed by atoms with Crippen LogP contribution in [-0.4, -0.2) is 11.0 Å². The lowest BCUT2D eigenvalue weighted by molar-refractivity contribution is -0.126. The van der Waals surface area contributed by atoms with Gasteiger partial charge in [-0.25, -0.2) is 4.39 Å². The van der Waals surface area contributed by atoms with Crippen molar-refractivity contribution in [2.75, 3.05) is 0 Å². The van der Waals surface area contributed by atoms with Crippen molar-refractivity contribution in [2.45, 2.75) is 6.10 Å². The molecule has 3 N–H and O–H groups in total. The van der Waals surface area contributed by atoms with Crippen molar-refractivity contribution >= 4 is 17.5 Å². The predicted molar refractivity (Wildman–Crippen MR) is 45.6 cm³/mol. The van der Waals surface area contributed by atoms with Gasteiger partial charge in [0.15, 0.2) is 6.10 Å². The molecule has 0 saturated carbocycles. The Bertz CT molecular complexity index is 343. The average Bonchev–Trinajstić information content (AvgIpc) is 2.08. The Morgan fingerprint density at radius 1 is 1.62 bits per heavy atom. The predicted octanol–water partition coefficient (Wildman–Crippen LogP) is 0.998. The number of carbonyl (C=O) groups excluding carboxylic acids is 1. The first-order valence-electron chi connectivity index (χ1n) is 3.44. The highest BCUT2D eigenvalue weighted by Gasteiger charge is 2.14. The van der Waals surface area contributed by atoms with Crippen molar-refractivity contribution in [1.82, 2.24) is 0 Å². The number of aliphatic hydroxyl groups excluding tert-OH is 1. The Balaban J connectivity index is 3.03. The molecule has 3 nitrogen and oxygen atoms in total. The van der Waals surface area contributed by atoms with Gasteiger partial charge in [0.05, 0.1) is 5.02 Å². The highest BCUT2D eigenvalue weighted by atomic mass is 35.5. The summed E-state index contributed by atoms with van der Waals surface area (Å²) in [6.45, 7) is 0. The Labute approximate surface area is 78.9 Å². The van der Waals surface area contributed by atoms with Crippen LogP contribution in [-0.2, 0) is 4.79 Å². The number of aliphatic hydroxyl groups is 1. The summed E-state index contributed by atoms with van der Waals surface area (Å²) < 4.78 is 12.8. The molecule has 0 aliphatic rings. The molecule has 0 radical (unpaired) electrons. The molecule has 1 atom stereocenters. The van der Waals surface area contributed by atoms with Gasteiger partial charge in [0.1, 0.15) is 5.82 Å². The van der Waals surface area contributed by atoms with Crippen LogP contribution >= 0.6 is 11.6 Å². The molecular weight excluding hydrogens is 197 g/mol. The molecule has 1 unspecified atom stereocenters. The summed E-state index contributed by atoms with van der Waals surface area (Å²) in [6.07, 6.45) is -1.49. The maximum absolute atomic E-state index is 12.8. The number of hydrogen-bond acceptors (Lipinski definition) is 2. The maximum atomic E-state index is 12.8. The van der Waals surface area contributed by atoms with Gasteiger partial charge in [-0.15, -0.1) is 0 Å². The molecule has 1 rings (SSSR count). The molecular formula is C8H7ClFNO2. The molecule has 0 heterocycles.